The van der Waals surface area contributed by atoms with Gasteiger partial charge in [0.1, 0.15) is 10.8 Å². The molecule has 4 nitrogen and oxygen atoms in total. The fourth-order valence-corrected chi connectivity index (χ4v) is 5.15. The van der Waals surface area contributed by atoms with Crippen molar-refractivity contribution in [3.63, 3.8) is 0 Å². The summed E-state index contributed by atoms with van der Waals surface area (Å²) in [7, 11) is 3.74. The van der Waals surface area contributed by atoms with Gasteiger partial charge < -0.3 is 10.1 Å². The zero-order valence-corrected chi connectivity index (χ0v) is 14.1. The van der Waals surface area contributed by atoms with Crippen LogP contribution in [0.25, 0.3) is 0 Å². The number of aryl methyl sites for hydroxylation is 2. The number of hydrogen-bond donors (Lipinski definition) is 1. The molecular formula is C15H19N3OS2. The van der Waals surface area contributed by atoms with Gasteiger partial charge in [-0.1, -0.05) is 29.2 Å². The topological polar surface area (TPSA) is 47.0 Å². The second-order valence-electron chi connectivity index (χ2n) is 5.11. The highest BCUT2D eigenvalue weighted by molar-refractivity contribution is 8.01. The SMILES string of the molecule is CNC1c2cc(OC)ccc2CCC1Sc1nnc(C)s1. The van der Waals surface area contributed by atoms with E-state index in [0.717, 1.165) is 27.9 Å². The summed E-state index contributed by atoms with van der Waals surface area (Å²) >= 11 is 3.51. The maximum absolute atomic E-state index is 5.38. The lowest BCUT2D eigenvalue weighted by Gasteiger charge is -2.32. The average Bonchev–Trinajstić information content (AvgIpc) is 2.91. The van der Waals surface area contributed by atoms with Crippen LogP contribution in [0.4, 0.5) is 0 Å². The predicted octanol–water partition coefficient (Wildman–Crippen LogP) is 3.22. The van der Waals surface area contributed by atoms with Gasteiger partial charge in [0.25, 0.3) is 0 Å². The summed E-state index contributed by atoms with van der Waals surface area (Å²) in [4.78, 5) is 0. The van der Waals surface area contributed by atoms with Crippen molar-refractivity contribution in [3.8, 4) is 5.75 Å². The molecule has 1 heterocycles. The highest BCUT2D eigenvalue weighted by atomic mass is 32.2. The van der Waals surface area contributed by atoms with Crippen LogP contribution in [0.5, 0.6) is 5.75 Å². The third-order valence-corrected chi connectivity index (χ3v) is 6.09. The Morgan fingerprint density at radius 1 is 1.38 bits per heavy atom. The van der Waals surface area contributed by atoms with Crippen LogP contribution in [0.1, 0.15) is 28.6 Å². The zero-order valence-electron chi connectivity index (χ0n) is 12.4. The number of nitrogens with zero attached hydrogens (tertiary/aromatic N) is 2. The maximum Gasteiger partial charge on any atom is 0.174 e. The van der Waals surface area contributed by atoms with Crippen LogP contribution in [-0.2, 0) is 6.42 Å². The van der Waals surface area contributed by atoms with Crippen LogP contribution in [0.3, 0.4) is 0 Å². The summed E-state index contributed by atoms with van der Waals surface area (Å²) in [6, 6.07) is 6.72. The van der Waals surface area contributed by atoms with Crippen molar-refractivity contribution in [3.05, 3.63) is 34.3 Å². The Hall–Kier alpha value is -1.11. The first kappa shape index (κ1) is 14.8. The molecule has 0 spiro atoms. The average molecular weight is 321 g/mol. The highest BCUT2D eigenvalue weighted by Crippen LogP contribution is 2.41. The molecule has 0 radical (unpaired) electrons. The van der Waals surface area contributed by atoms with E-state index in [4.69, 9.17) is 4.74 Å². The molecule has 3 rings (SSSR count). The van der Waals surface area contributed by atoms with E-state index in [1.807, 2.05) is 31.8 Å². The minimum Gasteiger partial charge on any atom is -0.497 e. The molecule has 1 aliphatic rings. The fraction of sp³-hybridized carbons (Fsp3) is 0.467. The van der Waals surface area contributed by atoms with Crippen molar-refractivity contribution in [2.75, 3.05) is 14.2 Å². The molecule has 1 aromatic heterocycles. The summed E-state index contributed by atoms with van der Waals surface area (Å²) in [6.45, 7) is 2.00. The predicted molar refractivity (Wildman–Crippen MR) is 87.4 cm³/mol. The van der Waals surface area contributed by atoms with Crippen LogP contribution in [-0.4, -0.2) is 29.6 Å². The lowest BCUT2D eigenvalue weighted by atomic mass is 9.87. The number of methoxy groups -OCH3 is 1. The molecule has 2 atom stereocenters. The van der Waals surface area contributed by atoms with Gasteiger partial charge in [-0.05, 0) is 50.1 Å². The standard InChI is InChI=1S/C15H19N3OS2/c1-9-17-18-15(20-9)21-13-7-5-10-4-6-11(19-3)8-12(10)14(13)16-2/h4,6,8,13-14,16H,5,7H2,1-3H3. The van der Waals surface area contributed by atoms with Gasteiger partial charge in [0.05, 0.1) is 7.11 Å². The number of aromatic nitrogens is 2. The van der Waals surface area contributed by atoms with Crippen LogP contribution < -0.4 is 10.1 Å². The Balaban J connectivity index is 1.86. The third-order valence-electron chi connectivity index (χ3n) is 3.83. The van der Waals surface area contributed by atoms with Crippen molar-refractivity contribution in [2.45, 2.75) is 35.4 Å². The van der Waals surface area contributed by atoms with Gasteiger partial charge in [0.2, 0.25) is 0 Å². The smallest absolute Gasteiger partial charge is 0.174 e. The number of thioether (sulfide) groups is 1. The van der Waals surface area contributed by atoms with Gasteiger partial charge in [-0.3, -0.25) is 0 Å². The molecule has 0 saturated carbocycles. The van der Waals surface area contributed by atoms with E-state index in [1.54, 1.807) is 18.4 Å². The van der Waals surface area contributed by atoms with Crippen molar-refractivity contribution < 1.29 is 4.74 Å². The summed E-state index contributed by atoms with van der Waals surface area (Å²) in [5, 5.41) is 13.3. The molecule has 21 heavy (non-hydrogen) atoms. The van der Waals surface area contributed by atoms with Gasteiger partial charge in [0, 0.05) is 11.3 Å². The molecule has 1 aliphatic carbocycles. The Labute approximate surface area is 133 Å². The van der Waals surface area contributed by atoms with Gasteiger partial charge >= 0.3 is 0 Å². The Morgan fingerprint density at radius 2 is 2.24 bits per heavy atom. The fourth-order valence-electron chi connectivity index (χ4n) is 2.81. The van der Waals surface area contributed by atoms with Crippen LogP contribution in [0, 0.1) is 6.92 Å². The molecule has 2 aromatic rings. The highest BCUT2D eigenvalue weighted by Gasteiger charge is 2.30. The van der Waals surface area contributed by atoms with Crippen LogP contribution in [0.2, 0.25) is 0 Å². The molecule has 0 saturated heterocycles. The molecule has 0 bridgehead atoms. The normalized spacial score (nSPS) is 21.1. The second-order valence-corrected chi connectivity index (χ2v) is 7.78. The molecule has 0 aliphatic heterocycles. The summed E-state index contributed by atoms with van der Waals surface area (Å²) in [5.41, 5.74) is 2.77. The van der Waals surface area contributed by atoms with Crippen LogP contribution >= 0.6 is 23.1 Å². The molecule has 1 aromatic carbocycles. The molecule has 0 amide bonds. The first-order valence-electron chi connectivity index (χ1n) is 7.02. The minimum atomic E-state index is 0.318. The molecular weight excluding hydrogens is 302 g/mol. The van der Waals surface area contributed by atoms with Gasteiger partial charge in [-0.15, -0.1) is 10.2 Å². The number of hydrogen-bond acceptors (Lipinski definition) is 6. The quantitative estimate of drug-likeness (QED) is 0.937. The van der Waals surface area contributed by atoms with Crippen molar-refractivity contribution >= 4 is 23.1 Å². The number of rotatable bonds is 4. The van der Waals surface area contributed by atoms with E-state index in [1.165, 1.54) is 11.1 Å². The number of ether oxygens (including phenoxy) is 1. The van der Waals surface area contributed by atoms with E-state index in [2.05, 4.69) is 27.6 Å². The van der Waals surface area contributed by atoms with Crippen LogP contribution in [0.15, 0.2) is 22.5 Å². The zero-order chi connectivity index (χ0) is 14.8. The Kier molecular flexibility index (Phi) is 4.47. The van der Waals surface area contributed by atoms with Gasteiger partial charge in [0.15, 0.2) is 4.34 Å². The minimum absolute atomic E-state index is 0.318. The number of fused-ring (bicyclic) bond motifs is 1. The van der Waals surface area contributed by atoms with E-state index in [9.17, 15) is 0 Å². The molecule has 0 fully saturated rings. The van der Waals surface area contributed by atoms with E-state index in [0.29, 0.717) is 11.3 Å². The monoisotopic (exact) mass is 321 g/mol. The molecule has 112 valence electrons. The largest absolute Gasteiger partial charge is 0.497 e. The Morgan fingerprint density at radius 3 is 2.90 bits per heavy atom. The number of nitrogens with one attached hydrogen (secondary N) is 1. The van der Waals surface area contributed by atoms with Gasteiger partial charge in [-0.2, -0.15) is 0 Å². The van der Waals surface area contributed by atoms with E-state index in [-0.39, 0.29) is 0 Å². The molecule has 1 N–H and O–H groups in total. The van der Waals surface area contributed by atoms with Crippen molar-refractivity contribution in [1.82, 2.24) is 15.5 Å². The van der Waals surface area contributed by atoms with Crippen molar-refractivity contribution in [1.29, 1.82) is 0 Å². The molecule has 6 heteroatoms. The molecule has 2 unspecified atom stereocenters. The van der Waals surface area contributed by atoms with Crippen molar-refractivity contribution in [2.24, 2.45) is 0 Å². The summed E-state index contributed by atoms with van der Waals surface area (Å²) < 4.78 is 6.43. The van der Waals surface area contributed by atoms with Gasteiger partial charge in [-0.25, -0.2) is 0 Å². The van der Waals surface area contributed by atoms with E-state index >= 15 is 0 Å². The third kappa shape index (κ3) is 3.07. The number of benzene rings is 1. The Bertz CT molecular complexity index is 629. The first-order chi connectivity index (χ1) is 10.2. The second kappa shape index (κ2) is 6.34. The first-order valence-corrected chi connectivity index (χ1v) is 8.71. The van der Waals surface area contributed by atoms with E-state index < -0.39 is 0 Å². The summed E-state index contributed by atoms with van der Waals surface area (Å²) in [5.74, 6) is 0.923. The lowest BCUT2D eigenvalue weighted by Crippen LogP contribution is -2.32. The summed E-state index contributed by atoms with van der Waals surface area (Å²) in [6.07, 6.45) is 2.25. The lowest BCUT2D eigenvalue weighted by molar-refractivity contribution is 0.411. The maximum atomic E-state index is 5.38.